The Balaban J connectivity index is 2.35. The van der Waals surface area contributed by atoms with E-state index in [1.165, 1.54) is 0 Å². The van der Waals surface area contributed by atoms with Gasteiger partial charge in [0.2, 0.25) is 0 Å². The van der Waals surface area contributed by atoms with E-state index in [0.717, 1.165) is 35.8 Å². The predicted molar refractivity (Wildman–Crippen MR) is 99.7 cm³/mol. The zero-order valence-corrected chi connectivity index (χ0v) is 16.2. The first-order valence-electron chi connectivity index (χ1n) is 8.71. The van der Waals surface area contributed by atoms with Crippen molar-refractivity contribution in [3.05, 3.63) is 48.6 Å². The molecule has 0 amide bonds. The van der Waals surface area contributed by atoms with Crippen LogP contribution in [0.2, 0.25) is 18.1 Å². The Morgan fingerprint density at radius 2 is 1.83 bits per heavy atom. The highest BCUT2D eigenvalue weighted by molar-refractivity contribution is 6.73. The molecule has 6 heteroatoms. The van der Waals surface area contributed by atoms with Crippen molar-refractivity contribution in [3.63, 3.8) is 0 Å². The predicted octanol–water partition coefficient (Wildman–Crippen LogP) is 4.61. The van der Waals surface area contributed by atoms with E-state index in [-0.39, 0.29) is 6.10 Å². The van der Waals surface area contributed by atoms with Crippen molar-refractivity contribution in [1.29, 1.82) is 0 Å². The van der Waals surface area contributed by atoms with Crippen molar-refractivity contribution in [2.75, 3.05) is 0 Å². The molecule has 1 unspecified atom stereocenters. The Labute approximate surface area is 145 Å². The fourth-order valence-electron chi connectivity index (χ4n) is 3.03. The van der Waals surface area contributed by atoms with Gasteiger partial charge in [-0.15, -0.1) is 6.58 Å². The van der Waals surface area contributed by atoms with Gasteiger partial charge in [0.15, 0.2) is 8.32 Å². The third kappa shape index (κ3) is 3.81. The fourth-order valence-corrected chi connectivity index (χ4v) is 5.86. The third-order valence-corrected chi connectivity index (χ3v) is 9.49. The Morgan fingerprint density at radius 3 is 2.38 bits per heavy atom. The second kappa shape index (κ2) is 8.35. The molecule has 0 bridgehead atoms. The molecule has 5 nitrogen and oxygen atoms in total. The monoisotopic (exact) mass is 344 g/mol. The quantitative estimate of drug-likeness (QED) is 0.492. The van der Waals surface area contributed by atoms with E-state index >= 15 is 0 Å². The van der Waals surface area contributed by atoms with Crippen LogP contribution >= 0.6 is 0 Å². The van der Waals surface area contributed by atoms with Gasteiger partial charge in [-0.3, -0.25) is 0 Å². The van der Waals surface area contributed by atoms with Gasteiger partial charge in [0, 0.05) is 18.0 Å². The SMILES string of the molecule is C=CCC(O[Si](CC)(CC)CC)c1cnn(-c2ncccn2)c1C. The van der Waals surface area contributed by atoms with E-state index in [1.54, 1.807) is 23.1 Å². The average molecular weight is 345 g/mol. The third-order valence-electron chi connectivity index (χ3n) is 4.84. The first-order valence-corrected chi connectivity index (χ1v) is 11.2. The molecule has 0 aliphatic carbocycles. The van der Waals surface area contributed by atoms with Crippen LogP contribution in [-0.4, -0.2) is 28.1 Å². The van der Waals surface area contributed by atoms with Gasteiger partial charge in [-0.05, 0) is 37.5 Å². The van der Waals surface area contributed by atoms with Crippen LogP contribution in [0.4, 0.5) is 0 Å². The van der Waals surface area contributed by atoms with E-state index in [2.05, 4.69) is 42.4 Å². The second-order valence-electron chi connectivity index (χ2n) is 6.02. The van der Waals surface area contributed by atoms with Gasteiger partial charge in [0.25, 0.3) is 5.95 Å². The smallest absolute Gasteiger partial charge is 0.250 e. The largest absolute Gasteiger partial charge is 0.410 e. The molecule has 2 aromatic rings. The molecule has 0 aliphatic rings. The summed E-state index contributed by atoms with van der Waals surface area (Å²) in [6, 6.07) is 5.18. The summed E-state index contributed by atoms with van der Waals surface area (Å²) in [5.41, 5.74) is 2.13. The van der Waals surface area contributed by atoms with Crippen LogP contribution in [0.15, 0.2) is 37.3 Å². The second-order valence-corrected chi connectivity index (χ2v) is 10.7. The van der Waals surface area contributed by atoms with Crippen LogP contribution < -0.4 is 0 Å². The molecule has 0 saturated carbocycles. The van der Waals surface area contributed by atoms with Crippen molar-refractivity contribution in [1.82, 2.24) is 19.7 Å². The van der Waals surface area contributed by atoms with E-state index in [0.29, 0.717) is 5.95 Å². The number of hydrogen-bond acceptors (Lipinski definition) is 4. The summed E-state index contributed by atoms with van der Waals surface area (Å²) < 4.78 is 8.50. The summed E-state index contributed by atoms with van der Waals surface area (Å²) in [6.45, 7) is 12.7. The highest BCUT2D eigenvalue weighted by Crippen LogP contribution is 2.33. The summed E-state index contributed by atoms with van der Waals surface area (Å²) in [5.74, 6) is 0.587. The zero-order valence-electron chi connectivity index (χ0n) is 15.2. The Kier molecular flexibility index (Phi) is 6.45. The van der Waals surface area contributed by atoms with Crippen molar-refractivity contribution in [2.24, 2.45) is 0 Å². The number of hydrogen-bond donors (Lipinski definition) is 0. The van der Waals surface area contributed by atoms with Crippen molar-refractivity contribution >= 4 is 8.32 Å². The minimum atomic E-state index is -1.71. The lowest BCUT2D eigenvalue weighted by atomic mass is 10.1. The molecule has 2 aromatic heterocycles. The number of nitrogens with zero attached hydrogens (tertiary/aromatic N) is 4. The molecule has 24 heavy (non-hydrogen) atoms. The average Bonchev–Trinajstić information content (AvgIpc) is 3.01. The first kappa shape index (κ1) is 18.5. The van der Waals surface area contributed by atoms with Gasteiger partial charge in [-0.25, -0.2) is 14.6 Å². The summed E-state index contributed by atoms with van der Waals surface area (Å²) in [4.78, 5) is 8.58. The van der Waals surface area contributed by atoms with Crippen molar-refractivity contribution in [3.8, 4) is 5.95 Å². The fraction of sp³-hybridized carbons (Fsp3) is 0.500. The maximum Gasteiger partial charge on any atom is 0.250 e. The molecular weight excluding hydrogens is 316 g/mol. The Bertz CT molecular complexity index is 644. The highest BCUT2D eigenvalue weighted by Gasteiger charge is 2.33. The molecular formula is C18H28N4OSi. The van der Waals surface area contributed by atoms with Crippen LogP contribution in [0.25, 0.3) is 5.95 Å². The normalized spacial score (nSPS) is 13.0. The molecule has 0 aliphatic heterocycles. The molecule has 1 atom stereocenters. The van der Waals surface area contributed by atoms with Crippen molar-refractivity contribution in [2.45, 2.75) is 58.4 Å². The molecule has 2 heterocycles. The molecule has 0 fully saturated rings. The molecule has 0 aromatic carbocycles. The summed E-state index contributed by atoms with van der Waals surface area (Å²) in [5, 5.41) is 4.49. The van der Waals surface area contributed by atoms with Gasteiger partial charge in [0.1, 0.15) is 0 Å². The topological polar surface area (TPSA) is 52.8 Å². The first-order chi connectivity index (χ1) is 11.6. The van der Waals surface area contributed by atoms with Crippen LogP contribution in [0, 0.1) is 6.92 Å². The Morgan fingerprint density at radius 1 is 1.21 bits per heavy atom. The van der Waals surface area contributed by atoms with E-state index in [9.17, 15) is 0 Å². The van der Waals surface area contributed by atoms with E-state index in [4.69, 9.17) is 4.43 Å². The minimum absolute atomic E-state index is 0.00600. The maximum atomic E-state index is 6.72. The van der Waals surface area contributed by atoms with Crippen molar-refractivity contribution < 1.29 is 4.43 Å². The van der Waals surface area contributed by atoms with E-state index < -0.39 is 8.32 Å². The summed E-state index contributed by atoms with van der Waals surface area (Å²) in [7, 11) is -1.71. The lowest BCUT2D eigenvalue weighted by molar-refractivity contribution is 0.192. The summed E-state index contributed by atoms with van der Waals surface area (Å²) in [6.07, 6.45) is 8.07. The highest BCUT2D eigenvalue weighted by atomic mass is 28.4. The van der Waals surface area contributed by atoms with Crippen LogP contribution in [0.5, 0.6) is 0 Å². The molecule has 0 spiro atoms. The molecule has 0 radical (unpaired) electrons. The van der Waals surface area contributed by atoms with Gasteiger partial charge >= 0.3 is 0 Å². The van der Waals surface area contributed by atoms with Gasteiger partial charge in [0.05, 0.1) is 18.0 Å². The van der Waals surface area contributed by atoms with Crippen LogP contribution in [-0.2, 0) is 4.43 Å². The Hall–Kier alpha value is -1.79. The number of rotatable bonds is 9. The zero-order chi connectivity index (χ0) is 17.6. The van der Waals surface area contributed by atoms with Crippen LogP contribution in [0.1, 0.15) is 44.6 Å². The lowest BCUT2D eigenvalue weighted by Crippen LogP contribution is -2.37. The van der Waals surface area contributed by atoms with Gasteiger partial charge in [-0.1, -0.05) is 26.8 Å². The minimum Gasteiger partial charge on any atom is -0.410 e. The van der Waals surface area contributed by atoms with Crippen LogP contribution in [0.3, 0.4) is 0 Å². The molecule has 0 N–H and O–H groups in total. The van der Waals surface area contributed by atoms with Gasteiger partial charge < -0.3 is 4.43 Å². The molecule has 0 saturated heterocycles. The standard InChI is InChI=1S/C18H28N4OSi/c1-6-11-17(23-24(7-2,8-3)9-4)16-14-21-22(15(16)5)18-19-12-10-13-20-18/h6,10,12-14,17H,1,7-9,11H2,2-5H3. The number of aromatic nitrogens is 4. The van der Waals surface area contributed by atoms with Gasteiger partial charge in [-0.2, -0.15) is 5.10 Å². The van der Waals surface area contributed by atoms with E-state index in [1.807, 2.05) is 19.2 Å². The summed E-state index contributed by atoms with van der Waals surface area (Å²) >= 11 is 0. The maximum absolute atomic E-state index is 6.72. The molecule has 130 valence electrons. The molecule has 2 rings (SSSR count). The lowest BCUT2D eigenvalue weighted by Gasteiger charge is -2.33.